The van der Waals surface area contributed by atoms with Crippen LogP contribution < -0.4 is 11.5 Å². The molecule has 61 valence electrons. The summed E-state index contributed by atoms with van der Waals surface area (Å²) in [7, 11) is -0.177. The first-order chi connectivity index (χ1) is 4.72. The molecular weight excluding hydrogens is 140 g/mol. The van der Waals surface area contributed by atoms with Crippen molar-refractivity contribution in [1.82, 2.24) is 0 Å². The lowest BCUT2D eigenvalue weighted by molar-refractivity contribution is 0.683. The van der Waals surface area contributed by atoms with Crippen LogP contribution >= 0.6 is 0 Å². The van der Waals surface area contributed by atoms with Crippen LogP contribution in [0.25, 0.3) is 0 Å². The highest BCUT2D eigenvalue weighted by Crippen LogP contribution is 2.14. The molecule has 0 spiro atoms. The van der Waals surface area contributed by atoms with E-state index in [1.807, 2.05) is 0 Å². The fraction of sp³-hybridized carbons (Fsp3) is 1.00. The molecule has 0 aliphatic carbocycles. The molecule has 1 radical (unpaired) electrons. The highest BCUT2D eigenvalue weighted by Gasteiger charge is 2.10. The van der Waals surface area contributed by atoms with Gasteiger partial charge in [0.2, 0.25) is 0 Å². The number of rotatable bonds is 5. The van der Waals surface area contributed by atoms with Crippen molar-refractivity contribution in [2.75, 3.05) is 13.1 Å². The molecule has 10 heavy (non-hydrogen) atoms. The van der Waals surface area contributed by atoms with Gasteiger partial charge >= 0.3 is 0 Å². The van der Waals surface area contributed by atoms with E-state index in [0.717, 1.165) is 25.1 Å². The summed E-state index contributed by atoms with van der Waals surface area (Å²) >= 11 is 0. The maximum atomic E-state index is 5.60. The van der Waals surface area contributed by atoms with Crippen LogP contribution in [0.2, 0.25) is 18.6 Å². The van der Waals surface area contributed by atoms with Crippen LogP contribution in [0.5, 0.6) is 0 Å². The second-order valence-corrected chi connectivity index (χ2v) is 5.91. The first-order valence-corrected chi connectivity index (χ1v) is 6.50. The molecule has 0 aliphatic rings. The normalized spacial score (nSPS) is 14.1. The van der Waals surface area contributed by atoms with Gasteiger partial charge in [-0.15, -0.1) is 0 Å². The quantitative estimate of drug-likeness (QED) is 0.583. The molecular formula is C7H19N2Si. The van der Waals surface area contributed by atoms with Crippen LogP contribution in [0.15, 0.2) is 0 Å². The topological polar surface area (TPSA) is 52.0 Å². The van der Waals surface area contributed by atoms with Gasteiger partial charge < -0.3 is 11.5 Å². The van der Waals surface area contributed by atoms with E-state index in [2.05, 4.69) is 13.1 Å². The number of hydrogen-bond donors (Lipinski definition) is 2. The summed E-state index contributed by atoms with van der Waals surface area (Å²) in [6.07, 6.45) is 2.37. The summed E-state index contributed by atoms with van der Waals surface area (Å²) in [6.45, 7) is 6.30. The molecule has 2 nitrogen and oxygen atoms in total. The molecule has 0 bridgehead atoms. The fourth-order valence-electron chi connectivity index (χ4n) is 1.01. The summed E-state index contributed by atoms with van der Waals surface area (Å²) in [5.41, 5.74) is 11.8. The minimum atomic E-state index is -0.177. The van der Waals surface area contributed by atoms with Gasteiger partial charge in [-0.25, -0.2) is 0 Å². The van der Waals surface area contributed by atoms with Gasteiger partial charge in [0.25, 0.3) is 0 Å². The Balaban J connectivity index is 3.40. The summed E-state index contributed by atoms with van der Waals surface area (Å²) in [5.74, 6) is 0. The molecule has 1 atom stereocenters. The summed E-state index contributed by atoms with van der Waals surface area (Å²) in [4.78, 5) is 0. The number of hydrogen-bond acceptors (Lipinski definition) is 2. The lowest BCUT2D eigenvalue weighted by Crippen LogP contribution is -2.21. The van der Waals surface area contributed by atoms with Gasteiger partial charge in [0.05, 0.1) is 0 Å². The van der Waals surface area contributed by atoms with Gasteiger partial charge in [0, 0.05) is 8.80 Å². The zero-order valence-electron chi connectivity index (χ0n) is 7.06. The molecule has 0 aromatic carbocycles. The van der Waals surface area contributed by atoms with E-state index in [-0.39, 0.29) is 8.80 Å². The van der Waals surface area contributed by atoms with Crippen LogP contribution in [0, 0.1) is 0 Å². The molecule has 0 amide bonds. The summed E-state index contributed by atoms with van der Waals surface area (Å²) in [6, 6.07) is 0. The molecule has 4 N–H and O–H groups in total. The molecule has 0 aliphatic heterocycles. The van der Waals surface area contributed by atoms with Crippen molar-refractivity contribution in [3.8, 4) is 0 Å². The average molecular weight is 159 g/mol. The van der Waals surface area contributed by atoms with Gasteiger partial charge in [-0.05, 0) is 25.1 Å². The van der Waals surface area contributed by atoms with E-state index in [4.69, 9.17) is 11.5 Å². The Hall–Kier alpha value is 0.137. The van der Waals surface area contributed by atoms with Gasteiger partial charge in [-0.3, -0.25) is 0 Å². The third-order valence-corrected chi connectivity index (χ3v) is 4.02. The van der Waals surface area contributed by atoms with Crippen molar-refractivity contribution in [1.29, 1.82) is 0 Å². The molecule has 1 unspecified atom stereocenters. The van der Waals surface area contributed by atoms with Gasteiger partial charge in [-0.2, -0.15) is 0 Å². The minimum absolute atomic E-state index is 0.177. The Kier molecular flexibility index (Phi) is 5.97. The third-order valence-electron chi connectivity index (χ3n) is 1.86. The summed E-state index contributed by atoms with van der Waals surface area (Å²) < 4.78 is 0. The van der Waals surface area contributed by atoms with E-state index >= 15 is 0 Å². The van der Waals surface area contributed by atoms with E-state index in [1.165, 1.54) is 6.42 Å². The Labute approximate surface area is 65.6 Å². The minimum Gasteiger partial charge on any atom is -0.330 e. The molecule has 0 aromatic rings. The molecule has 0 saturated carbocycles. The highest BCUT2D eigenvalue weighted by atomic mass is 28.3. The van der Waals surface area contributed by atoms with E-state index in [9.17, 15) is 0 Å². The van der Waals surface area contributed by atoms with Crippen LogP contribution in [-0.4, -0.2) is 21.9 Å². The Bertz CT molecular complexity index is 76.0. The van der Waals surface area contributed by atoms with Crippen LogP contribution in [0.3, 0.4) is 0 Å². The standard InChI is InChI=1S/C7H19N2Si/c1-10(2)7(6-9)4-3-5-8/h7H,3-6,8-9H2,1-2H3. The lowest BCUT2D eigenvalue weighted by Gasteiger charge is -2.16. The van der Waals surface area contributed by atoms with E-state index in [1.54, 1.807) is 0 Å². The zero-order chi connectivity index (χ0) is 7.98. The first-order valence-electron chi connectivity index (χ1n) is 3.92. The SMILES string of the molecule is C[Si](C)C(CN)CCCN. The molecule has 3 heteroatoms. The maximum absolute atomic E-state index is 5.60. The first kappa shape index (κ1) is 10.1. The van der Waals surface area contributed by atoms with Gasteiger partial charge in [-0.1, -0.05) is 19.5 Å². The Morgan fingerprint density at radius 2 is 1.90 bits per heavy atom. The second kappa shape index (κ2) is 5.89. The lowest BCUT2D eigenvalue weighted by atomic mass is 10.2. The van der Waals surface area contributed by atoms with Crippen LogP contribution in [0.1, 0.15) is 12.8 Å². The van der Waals surface area contributed by atoms with Crippen molar-refractivity contribution < 1.29 is 0 Å². The largest absolute Gasteiger partial charge is 0.330 e. The number of nitrogens with two attached hydrogens (primary N) is 2. The monoisotopic (exact) mass is 159 g/mol. The zero-order valence-corrected chi connectivity index (χ0v) is 8.06. The van der Waals surface area contributed by atoms with Crippen molar-refractivity contribution in [3.05, 3.63) is 0 Å². The summed E-state index contributed by atoms with van der Waals surface area (Å²) in [5, 5.41) is 0. The Morgan fingerprint density at radius 3 is 2.20 bits per heavy atom. The van der Waals surface area contributed by atoms with Gasteiger partial charge in [0.1, 0.15) is 0 Å². The van der Waals surface area contributed by atoms with Crippen molar-refractivity contribution >= 4 is 8.80 Å². The van der Waals surface area contributed by atoms with Crippen molar-refractivity contribution in [2.45, 2.75) is 31.5 Å². The second-order valence-electron chi connectivity index (χ2n) is 2.94. The highest BCUT2D eigenvalue weighted by molar-refractivity contribution is 6.57. The predicted octanol–water partition coefficient (Wildman–Crippen LogP) is 0.809. The Morgan fingerprint density at radius 1 is 1.30 bits per heavy atom. The fourth-order valence-corrected chi connectivity index (χ4v) is 2.26. The van der Waals surface area contributed by atoms with Crippen LogP contribution in [0.4, 0.5) is 0 Å². The molecule has 0 rings (SSSR count). The molecule has 0 saturated heterocycles. The van der Waals surface area contributed by atoms with Crippen molar-refractivity contribution in [2.24, 2.45) is 11.5 Å². The average Bonchev–Trinajstić information content (AvgIpc) is 1.89. The van der Waals surface area contributed by atoms with Crippen molar-refractivity contribution in [3.63, 3.8) is 0 Å². The van der Waals surface area contributed by atoms with E-state index < -0.39 is 0 Å². The van der Waals surface area contributed by atoms with Crippen LogP contribution in [-0.2, 0) is 0 Å². The van der Waals surface area contributed by atoms with Gasteiger partial charge in [0.15, 0.2) is 0 Å². The molecule has 0 heterocycles. The van der Waals surface area contributed by atoms with E-state index in [0.29, 0.717) is 0 Å². The predicted molar refractivity (Wildman–Crippen MR) is 48.6 cm³/mol. The third kappa shape index (κ3) is 4.03. The maximum Gasteiger partial charge on any atom is 0.0460 e. The molecule has 0 fully saturated rings. The molecule has 0 aromatic heterocycles. The smallest absolute Gasteiger partial charge is 0.0460 e.